The summed E-state index contributed by atoms with van der Waals surface area (Å²) in [4.78, 5) is 21.6. The van der Waals surface area contributed by atoms with Crippen LogP contribution in [-0.2, 0) is 14.3 Å². The van der Waals surface area contributed by atoms with Crippen molar-refractivity contribution in [2.75, 3.05) is 13.2 Å². The van der Waals surface area contributed by atoms with Crippen LogP contribution in [0, 0.1) is 0 Å². The molecular formula is C10H17NO3. The number of ether oxygens (including phenoxy) is 1. The van der Waals surface area contributed by atoms with E-state index in [9.17, 15) is 9.59 Å². The first kappa shape index (κ1) is 11.3. The van der Waals surface area contributed by atoms with Gasteiger partial charge in [0.15, 0.2) is 6.29 Å². The summed E-state index contributed by atoms with van der Waals surface area (Å²) in [5.41, 5.74) is 0. The SMILES string of the molecule is CCCCC1OCCNC1C(=O)C=O. The zero-order chi connectivity index (χ0) is 10.4. The Hall–Kier alpha value is -0.740. The van der Waals surface area contributed by atoms with E-state index in [1.165, 1.54) is 0 Å². The van der Waals surface area contributed by atoms with Gasteiger partial charge < -0.3 is 10.1 Å². The van der Waals surface area contributed by atoms with E-state index < -0.39 is 11.8 Å². The van der Waals surface area contributed by atoms with E-state index in [2.05, 4.69) is 12.2 Å². The van der Waals surface area contributed by atoms with Gasteiger partial charge in [0.1, 0.15) is 6.04 Å². The van der Waals surface area contributed by atoms with Crippen LogP contribution < -0.4 is 5.32 Å². The number of unbranched alkanes of at least 4 members (excludes halogenated alkanes) is 1. The first-order valence-corrected chi connectivity index (χ1v) is 5.13. The van der Waals surface area contributed by atoms with E-state index in [0.717, 1.165) is 19.3 Å². The lowest BCUT2D eigenvalue weighted by molar-refractivity contribution is -0.135. The molecule has 0 saturated carbocycles. The van der Waals surface area contributed by atoms with Crippen LogP contribution in [0.3, 0.4) is 0 Å². The Morgan fingerprint density at radius 1 is 1.64 bits per heavy atom. The van der Waals surface area contributed by atoms with Gasteiger partial charge in [-0.2, -0.15) is 0 Å². The van der Waals surface area contributed by atoms with Gasteiger partial charge in [-0.1, -0.05) is 19.8 Å². The number of nitrogens with one attached hydrogen (secondary N) is 1. The number of rotatable bonds is 5. The molecule has 1 heterocycles. The first-order chi connectivity index (χ1) is 6.79. The minimum atomic E-state index is -0.423. The summed E-state index contributed by atoms with van der Waals surface area (Å²) in [6.07, 6.45) is 3.19. The van der Waals surface area contributed by atoms with Crippen LogP contribution in [-0.4, -0.2) is 37.4 Å². The number of carbonyl (C=O) groups excluding carboxylic acids is 2. The van der Waals surface area contributed by atoms with Crippen LogP contribution in [0.1, 0.15) is 26.2 Å². The predicted octanol–water partition coefficient (Wildman–Crippen LogP) is 0.302. The van der Waals surface area contributed by atoms with Gasteiger partial charge in [0, 0.05) is 6.54 Å². The molecule has 1 saturated heterocycles. The van der Waals surface area contributed by atoms with Gasteiger partial charge in [-0.3, -0.25) is 9.59 Å². The predicted molar refractivity (Wildman–Crippen MR) is 52.1 cm³/mol. The molecule has 1 N–H and O–H groups in total. The summed E-state index contributed by atoms with van der Waals surface area (Å²) in [5.74, 6) is -0.397. The van der Waals surface area contributed by atoms with Crippen molar-refractivity contribution in [2.24, 2.45) is 0 Å². The Morgan fingerprint density at radius 2 is 2.43 bits per heavy atom. The number of aldehydes is 1. The summed E-state index contributed by atoms with van der Waals surface area (Å²) in [6.45, 7) is 3.36. The highest BCUT2D eigenvalue weighted by atomic mass is 16.5. The molecule has 0 bridgehead atoms. The molecule has 0 aromatic rings. The van der Waals surface area contributed by atoms with Crippen LogP contribution in [0.4, 0.5) is 0 Å². The maximum Gasteiger partial charge on any atom is 0.214 e. The van der Waals surface area contributed by atoms with Gasteiger partial charge >= 0.3 is 0 Å². The first-order valence-electron chi connectivity index (χ1n) is 5.13. The number of morpholine rings is 1. The van der Waals surface area contributed by atoms with Gasteiger partial charge in [-0.25, -0.2) is 0 Å². The third-order valence-electron chi connectivity index (χ3n) is 2.43. The average Bonchev–Trinajstić information content (AvgIpc) is 2.25. The minimum Gasteiger partial charge on any atom is -0.375 e. The van der Waals surface area contributed by atoms with Crippen LogP contribution >= 0.6 is 0 Å². The number of carbonyl (C=O) groups is 2. The summed E-state index contributed by atoms with van der Waals surface area (Å²) in [5, 5.41) is 3.02. The van der Waals surface area contributed by atoms with Crippen molar-refractivity contribution < 1.29 is 14.3 Å². The molecule has 0 amide bonds. The van der Waals surface area contributed by atoms with Crippen molar-refractivity contribution in [3.05, 3.63) is 0 Å². The number of Topliss-reactive ketones (excluding diaryl/α,β-unsaturated/α-hetero) is 1. The molecule has 1 fully saturated rings. The molecule has 0 radical (unpaired) electrons. The molecule has 4 heteroatoms. The average molecular weight is 199 g/mol. The zero-order valence-corrected chi connectivity index (χ0v) is 8.49. The number of hydrogen-bond acceptors (Lipinski definition) is 4. The van der Waals surface area contributed by atoms with Gasteiger partial charge in [-0.15, -0.1) is 0 Å². The molecule has 0 aromatic heterocycles. The summed E-state index contributed by atoms with van der Waals surface area (Å²) in [7, 11) is 0. The Balaban J connectivity index is 2.49. The lowest BCUT2D eigenvalue weighted by Crippen LogP contribution is -2.53. The van der Waals surface area contributed by atoms with E-state index in [1.807, 2.05) is 0 Å². The van der Waals surface area contributed by atoms with E-state index in [4.69, 9.17) is 4.74 Å². The summed E-state index contributed by atoms with van der Waals surface area (Å²) < 4.78 is 5.47. The molecule has 80 valence electrons. The Bertz CT molecular complexity index is 206. The monoisotopic (exact) mass is 199 g/mol. The third-order valence-corrected chi connectivity index (χ3v) is 2.43. The molecule has 0 spiro atoms. The highest BCUT2D eigenvalue weighted by molar-refractivity contribution is 6.27. The Labute approximate surface area is 84.0 Å². The van der Waals surface area contributed by atoms with Crippen molar-refractivity contribution in [3.8, 4) is 0 Å². The van der Waals surface area contributed by atoms with Crippen LogP contribution in [0.25, 0.3) is 0 Å². The molecule has 2 unspecified atom stereocenters. The second-order valence-electron chi connectivity index (χ2n) is 3.50. The zero-order valence-electron chi connectivity index (χ0n) is 8.49. The third kappa shape index (κ3) is 2.89. The molecule has 1 rings (SSSR count). The van der Waals surface area contributed by atoms with Crippen LogP contribution in [0.15, 0.2) is 0 Å². The smallest absolute Gasteiger partial charge is 0.214 e. The van der Waals surface area contributed by atoms with Crippen LogP contribution in [0.2, 0.25) is 0 Å². The second-order valence-corrected chi connectivity index (χ2v) is 3.50. The molecular weight excluding hydrogens is 182 g/mol. The van der Waals surface area contributed by atoms with E-state index in [-0.39, 0.29) is 6.10 Å². The van der Waals surface area contributed by atoms with Gasteiger partial charge in [0.2, 0.25) is 5.78 Å². The molecule has 1 aliphatic heterocycles. The van der Waals surface area contributed by atoms with Crippen LogP contribution in [0.5, 0.6) is 0 Å². The lowest BCUT2D eigenvalue weighted by atomic mass is 10.0. The maximum atomic E-state index is 11.2. The number of ketones is 1. The van der Waals surface area contributed by atoms with E-state index in [0.29, 0.717) is 19.4 Å². The molecule has 0 aromatic carbocycles. The largest absolute Gasteiger partial charge is 0.375 e. The van der Waals surface area contributed by atoms with Crippen molar-refractivity contribution in [3.63, 3.8) is 0 Å². The fourth-order valence-electron chi connectivity index (χ4n) is 1.66. The summed E-state index contributed by atoms with van der Waals surface area (Å²) in [6, 6.07) is -0.423. The highest BCUT2D eigenvalue weighted by Crippen LogP contribution is 2.12. The number of hydrogen-bond donors (Lipinski definition) is 1. The normalized spacial score (nSPS) is 27.2. The Kier molecular flexibility index (Phi) is 4.76. The molecule has 4 nitrogen and oxygen atoms in total. The molecule has 2 atom stereocenters. The fourth-order valence-corrected chi connectivity index (χ4v) is 1.66. The van der Waals surface area contributed by atoms with E-state index in [1.54, 1.807) is 0 Å². The lowest BCUT2D eigenvalue weighted by Gasteiger charge is -2.30. The molecule has 1 aliphatic rings. The fraction of sp³-hybridized carbons (Fsp3) is 0.800. The van der Waals surface area contributed by atoms with Crippen molar-refractivity contribution in [1.82, 2.24) is 5.32 Å². The summed E-state index contributed by atoms with van der Waals surface area (Å²) >= 11 is 0. The van der Waals surface area contributed by atoms with Gasteiger partial charge in [0.05, 0.1) is 12.7 Å². The topological polar surface area (TPSA) is 55.4 Å². The molecule has 14 heavy (non-hydrogen) atoms. The highest BCUT2D eigenvalue weighted by Gasteiger charge is 2.30. The molecule has 0 aliphatic carbocycles. The maximum absolute atomic E-state index is 11.2. The van der Waals surface area contributed by atoms with Gasteiger partial charge in [-0.05, 0) is 6.42 Å². The minimum absolute atomic E-state index is 0.124. The Morgan fingerprint density at radius 3 is 3.07 bits per heavy atom. The quantitative estimate of drug-likeness (QED) is 0.511. The standard InChI is InChI=1S/C10H17NO3/c1-2-3-4-9-10(8(13)7-12)11-5-6-14-9/h7,9-11H,2-6H2,1H3. The van der Waals surface area contributed by atoms with Crippen molar-refractivity contribution in [1.29, 1.82) is 0 Å². The van der Waals surface area contributed by atoms with Crippen molar-refractivity contribution in [2.45, 2.75) is 38.3 Å². The van der Waals surface area contributed by atoms with Crippen molar-refractivity contribution >= 4 is 12.1 Å². The second kappa shape index (κ2) is 5.88. The van der Waals surface area contributed by atoms with E-state index >= 15 is 0 Å². The van der Waals surface area contributed by atoms with Gasteiger partial charge in [0.25, 0.3) is 0 Å².